The van der Waals surface area contributed by atoms with Gasteiger partial charge in [0.1, 0.15) is 0 Å². The zero-order chi connectivity index (χ0) is 20.3. The van der Waals surface area contributed by atoms with Crippen LogP contribution in [0.25, 0.3) is 6.08 Å². The van der Waals surface area contributed by atoms with Crippen molar-refractivity contribution in [1.29, 1.82) is 0 Å². The van der Waals surface area contributed by atoms with Gasteiger partial charge >= 0.3 is 11.9 Å². The Bertz CT molecular complexity index is 998. The first-order chi connectivity index (χ1) is 13.4. The van der Waals surface area contributed by atoms with E-state index in [1.54, 1.807) is 19.1 Å². The van der Waals surface area contributed by atoms with E-state index in [0.29, 0.717) is 23.5 Å². The average Bonchev–Trinajstić information content (AvgIpc) is 2.99. The summed E-state index contributed by atoms with van der Waals surface area (Å²) in [6.07, 6.45) is 1.54. The highest BCUT2D eigenvalue weighted by Crippen LogP contribution is 2.37. The van der Waals surface area contributed by atoms with Crippen LogP contribution in [-0.2, 0) is 14.3 Å². The fraction of sp³-hybridized carbons (Fsp3) is 0.150. The van der Waals surface area contributed by atoms with Crippen LogP contribution in [0.1, 0.15) is 25.0 Å². The van der Waals surface area contributed by atoms with Crippen molar-refractivity contribution in [2.24, 2.45) is 4.99 Å². The quantitative estimate of drug-likeness (QED) is 0.254. The van der Waals surface area contributed by atoms with Gasteiger partial charge in [0.05, 0.1) is 11.6 Å². The maximum Gasteiger partial charge on any atom is 0.363 e. The van der Waals surface area contributed by atoms with Gasteiger partial charge in [-0.25, -0.2) is 9.79 Å². The average molecular weight is 512 g/mol. The predicted molar refractivity (Wildman–Crippen MR) is 114 cm³/mol. The van der Waals surface area contributed by atoms with Gasteiger partial charge in [-0.2, -0.15) is 0 Å². The number of esters is 2. The van der Waals surface area contributed by atoms with Crippen molar-refractivity contribution in [2.75, 3.05) is 6.61 Å². The fourth-order valence-corrected chi connectivity index (χ4v) is 3.08. The summed E-state index contributed by atoms with van der Waals surface area (Å²) in [7, 11) is 0. The number of nitrogens with zero attached hydrogens (tertiary/aromatic N) is 1. The standard InChI is InChI=1S/C20H15ClINO5/c1-3-26-17-10-12(8-15(21)18(17)27-11(2)24)9-16-20(25)28-19(23-16)13-4-6-14(22)7-5-13/h4-10H,3H2,1-2H3/b16-9-. The first-order valence-electron chi connectivity index (χ1n) is 8.30. The van der Waals surface area contributed by atoms with Crippen LogP contribution >= 0.6 is 34.2 Å². The van der Waals surface area contributed by atoms with Gasteiger partial charge in [-0.1, -0.05) is 11.6 Å². The smallest absolute Gasteiger partial charge is 0.363 e. The Morgan fingerprint density at radius 3 is 2.64 bits per heavy atom. The second-order valence-corrected chi connectivity index (χ2v) is 7.35. The molecule has 0 saturated carbocycles. The van der Waals surface area contributed by atoms with E-state index in [1.807, 2.05) is 24.3 Å². The van der Waals surface area contributed by atoms with Gasteiger partial charge < -0.3 is 14.2 Å². The Morgan fingerprint density at radius 2 is 2.00 bits per heavy atom. The number of carbonyl (C=O) groups excluding carboxylic acids is 2. The lowest BCUT2D eigenvalue weighted by Crippen LogP contribution is -2.05. The van der Waals surface area contributed by atoms with Crippen LogP contribution in [0.15, 0.2) is 47.1 Å². The van der Waals surface area contributed by atoms with E-state index in [1.165, 1.54) is 13.0 Å². The molecule has 28 heavy (non-hydrogen) atoms. The van der Waals surface area contributed by atoms with Crippen LogP contribution in [0.4, 0.5) is 0 Å². The van der Waals surface area contributed by atoms with E-state index >= 15 is 0 Å². The number of hydrogen-bond donors (Lipinski definition) is 0. The topological polar surface area (TPSA) is 74.2 Å². The maximum atomic E-state index is 12.2. The number of ether oxygens (including phenoxy) is 3. The van der Waals surface area contributed by atoms with Crippen molar-refractivity contribution >= 4 is 58.1 Å². The molecule has 0 saturated heterocycles. The van der Waals surface area contributed by atoms with Gasteiger partial charge in [-0.15, -0.1) is 0 Å². The molecule has 0 atom stereocenters. The van der Waals surface area contributed by atoms with Crippen LogP contribution in [0.3, 0.4) is 0 Å². The minimum atomic E-state index is -0.563. The van der Waals surface area contributed by atoms with Crippen molar-refractivity contribution in [1.82, 2.24) is 0 Å². The summed E-state index contributed by atoms with van der Waals surface area (Å²) in [5.74, 6) is -0.410. The molecule has 6 nitrogen and oxygen atoms in total. The normalized spacial score (nSPS) is 14.6. The van der Waals surface area contributed by atoms with E-state index in [9.17, 15) is 9.59 Å². The first kappa shape index (κ1) is 20.3. The molecule has 0 aliphatic carbocycles. The van der Waals surface area contributed by atoms with Gasteiger partial charge in [0.25, 0.3) is 0 Å². The highest BCUT2D eigenvalue weighted by atomic mass is 127. The summed E-state index contributed by atoms with van der Waals surface area (Å²) >= 11 is 8.43. The molecule has 2 aromatic carbocycles. The van der Waals surface area contributed by atoms with Gasteiger partial charge in [0.15, 0.2) is 17.2 Å². The predicted octanol–water partition coefficient (Wildman–Crippen LogP) is 4.61. The lowest BCUT2D eigenvalue weighted by molar-refractivity contribution is -0.132. The minimum absolute atomic E-state index is 0.132. The first-order valence-corrected chi connectivity index (χ1v) is 9.76. The zero-order valence-corrected chi connectivity index (χ0v) is 17.9. The highest BCUT2D eigenvalue weighted by Gasteiger charge is 2.24. The Labute approximate surface area is 180 Å². The molecule has 0 fully saturated rings. The molecule has 0 spiro atoms. The summed E-state index contributed by atoms with van der Waals surface area (Å²) < 4.78 is 17.0. The Hall–Kier alpha value is -2.39. The summed E-state index contributed by atoms with van der Waals surface area (Å²) in [5, 5.41) is 0.182. The zero-order valence-electron chi connectivity index (χ0n) is 15.0. The summed E-state index contributed by atoms with van der Waals surface area (Å²) in [6.45, 7) is 3.42. The number of carbonyl (C=O) groups is 2. The molecule has 8 heteroatoms. The molecule has 0 unspecified atom stereocenters. The van der Waals surface area contributed by atoms with Crippen molar-refractivity contribution in [3.05, 3.63) is 61.8 Å². The molecule has 0 amide bonds. The third kappa shape index (κ3) is 4.71. The minimum Gasteiger partial charge on any atom is -0.490 e. The molecule has 144 valence electrons. The number of cyclic esters (lactones) is 1. The summed E-state index contributed by atoms with van der Waals surface area (Å²) in [4.78, 5) is 27.8. The Morgan fingerprint density at radius 1 is 1.29 bits per heavy atom. The molecular weight excluding hydrogens is 497 g/mol. The number of benzene rings is 2. The molecule has 0 aromatic heterocycles. The molecule has 0 radical (unpaired) electrons. The second-order valence-electron chi connectivity index (χ2n) is 5.70. The lowest BCUT2D eigenvalue weighted by atomic mass is 10.1. The lowest BCUT2D eigenvalue weighted by Gasteiger charge is -2.12. The number of hydrogen-bond acceptors (Lipinski definition) is 6. The van der Waals surface area contributed by atoms with Crippen LogP contribution in [0, 0.1) is 3.57 Å². The molecule has 0 bridgehead atoms. The highest BCUT2D eigenvalue weighted by molar-refractivity contribution is 14.1. The fourth-order valence-electron chi connectivity index (χ4n) is 2.46. The monoisotopic (exact) mass is 511 g/mol. The SMILES string of the molecule is CCOc1cc(/C=C2\N=C(c3ccc(I)cc3)OC2=O)cc(Cl)c1OC(C)=O. The number of halogens is 2. The largest absolute Gasteiger partial charge is 0.490 e. The second kappa shape index (κ2) is 8.74. The van der Waals surface area contributed by atoms with Gasteiger partial charge in [-0.05, 0) is 77.6 Å². The van der Waals surface area contributed by atoms with E-state index < -0.39 is 11.9 Å². The third-order valence-corrected chi connectivity index (χ3v) is 4.59. The Kier molecular flexibility index (Phi) is 6.35. The van der Waals surface area contributed by atoms with Crippen LogP contribution in [0.2, 0.25) is 5.02 Å². The van der Waals surface area contributed by atoms with Gasteiger partial charge in [0.2, 0.25) is 5.90 Å². The van der Waals surface area contributed by atoms with E-state index in [4.69, 9.17) is 25.8 Å². The van der Waals surface area contributed by atoms with Gasteiger partial charge in [0, 0.05) is 16.1 Å². The number of rotatable bonds is 5. The molecule has 0 N–H and O–H groups in total. The van der Waals surface area contributed by atoms with Crippen LogP contribution < -0.4 is 9.47 Å². The summed E-state index contributed by atoms with van der Waals surface area (Å²) in [5.41, 5.74) is 1.40. The molecule has 1 heterocycles. The molecular formula is C20H15ClINO5. The molecule has 1 aliphatic heterocycles. The van der Waals surface area contributed by atoms with Crippen molar-refractivity contribution in [3.8, 4) is 11.5 Å². The molecule has 1 aliphatic rings. The Balaban J connectivity index is 1.96. The number of aliphatic imine (C=N–C) groups is 1. The summed E-state index contributed by atoms with van der Waals surface area (Å²) in [6, 6.07) is 10.6. The molecule has 2 aromatic rings. The third-order valence-electron chi connectivity index (χ3n) is 3.59. The van der Waals surface area contributed by atoms with Crippen LogP contribution in [-0.4, -0.2) is 24.4 Å². The van der Waals surface area contributed by atoms with Crippen LogP contribution in [0.5, 0.6) is 11.5 Å². The van der Waals surface area contributed by atoms with Crippen molar-refractivity contribution in [2.45, 2.75) is 13.8 Å². The van der Waals surface area contributed by atoms with E-state index in [-0.39, 0.29) is 22.4 Å². The maximum absolute atomic E-state index is 12.2. The van der Waals surface area contributed by atoms with Gasteiger partial charge in [-0.3, -0.25) is 4.79 Å². The molecule has 3 rings (SSSR count). The van der Waals surface area contributed by atoms with Crippen molar-refractivity contribution < 1.29 is 23.8 Å². The van der Waals surface area contributed by atoms with E-state index in [2.05, 4.69) is 27.6 Å². The van der Waals surface area contributed by atoms with Crippen molar-refractivity contribution in [3.63, 3.8) is 0 Å². The van der Waals surface area contributed by atoms with E-state index in [0.717, 1.165) is 3.57 Å².